The van der Waals surface area contributed by atoms with Gasteiger partial charge in [-0.1, -0.05) is 82.3 Å². The maximum Gasteiger partial charge on any atom is 0.253 e. The molecule has 2 aromatic carbocycles. The Morgan fingerprint density at radius 2 is 1.67 bits per heavy atom. The Labute approximate surface area is 247 Å². The number of carbonyl (C=O) groups is 3. The van der Waals surface area contributed by atoms with Gasteiger partial charge in [0.05, 0.1) is 30.1 Å². The summed E-state index contributed by atoms with van der Waals surface area (Å²) in [6, 6.07) is 12.3. The highest BCUT2D eigenvalue weighted by atomic mass is 16.5. The van der Waals surface area contributed by atoms with Crippen molar-refractivity contribution in [2.45, 2.75) is 63.8 Å². The zero-order valence-electron chi connectivity index (χ0n) is 24.9. The molecule has 6 rings (SSSR count). The van der Waals surface area contributed by atoms with Gasteiger partial charge in [0, 0.05) is 25.3 Å². The van der Waals surface area contributed by atoms with Gasteiger partial charge >= 0.3 is 0 Å². The molecular weight excluding hydrogens is 530 g/mol. The van der Waals surface area contributed by atoms with Crippen molar-refractivity contribution >= 4 is 34.2 Å². The molecular formula is C34H41N3O5. The summed E-state index contributed by atoms with van der Waals surface area (Å²) in [6.45, 7) is 8.93. The van der Waals surface area contributed by atoms with Crippen LogP contribution in [0.1, 0.15) is 40.5 Å². The third-order valence-corrected chi connectivity index (χ3v) is 9.81. The van der Waals surface area contributed by atoms with Crippen LogP contribution in [0.2, 0.25) is 0 Å². The second kappa shape index (κ2) is 10.7. The minimum atomic E-state index is -1.35. The zero-order valence-corrected chi connectivity index (χ0v) is 24.9. The van der Waals surface area contributed by atoms with Crippen LogP contribution in [-0.4, -0.2) is 82.2 Å². The lowest BCUT2D eigenvalue weighted by molar-refractivity contribution is -0.153. The van der Waals surface area contributed by atoms with Crippen molar-refractivity contribution in [3.8, 4) is 0 Å². The first-order valence-electron chi connectivity index (χ1n) is 15.3. The topological polar surface area (TPSA) is 90.4 Å². The Balaban J connectivity index is 1.52. The monoisotopic (exact) mass is 571 g/mol. The highest BCUT2D eigenvalue weighted by Crippen LogP contribution is 2.59. The summed E-state index contributed by atoms with van der Waals surface area (Å²) >= 11 is 0. The van der Waals surface area contributed by atoms with Crippen LogP contribution in [0.3, 0.4) is 0 Å². The SMILES string of the molecule is CCCN1CC=C[C@@]2(CC)O[C@]34C=CCN(c5ccc6ccccc6c5)C(=O)C3N([C@@H](CO)C(C)C)C(=O)[C@@H]4[C@H]2C1=O. The fraction of sp³-hybridized carbons (Fsp3) is 0.500. The van der Waals surface area contributed by atoms with E-state index in [0.717, 1.165) is 22.9 Å². The second-order valence-electron chi connectivity index (χ2n) is 12.4. The number of carbonyl (C=O) groups excluding carboxylic acids is 3. The molecule has 1 spiro atoms. The van der Waals surface area contributed by atoms with Gasteiger partial charge in [0.1, 0.15) is 11.6 Å². The maximum absolute atomic E-state index is 14.8. The van der Waals surface area contributed by atoms with E-state index in [1.54, 1.807) is 9.80 Å². The molecule has 3 amide bonds. The number of aliphatic hydroxyl groups is 1. The van der Waals surface area contributed by atoms with Gasteiger partial charge in [-0.2, -0.15) is 0 Å². The normalized spacial score (nSPS) is 31.4. The third kappa shape index (κ3) is 4.06. The van der Waals surface area contributed by atoms with Crippen molar-refractivity contribution in [2.75, 3.05) is 31.1 Å². The van der Waals surface area contributed by atoms with Gasteiger partial charge in [0.15, 0.2) is 0 Å². The molecule has 0 aliphatic carbocycles. The molecule has 4 aliphatic heterocycles. The lowest BCUT2D eigenvalue weighted by Gasteiger charge is -2.41. The van der Waals surface area contributed by atoms with E-state index in [4.69, 9.17) is 4.74 Å². The average molecular weight is 572 g/mol. The third-order valence-electron chi connectivity index (χ3n) is 9.81. The molecule has 6 atom stereocenters. The van der Waals surface area contributed by atoms with E-state index in [1.807, 2.05) is 99.4 Å². The Morgan fingerprint density at radius 3 is 2.36 bits per heavy atom. The summed E-state index contributed by atoms with van der Waals surface area (Å²) < 4.78 is 7.06. The van der Waals surface area contributed by atoms with Crippen molar-refractivity contribution in [3.63, 3.8) is 0 Å². The maximum atomic E-state index is 14.8. The first-order valence-corrected chi connectivity index (χ1v) is 15.3. The number of hydrogen-bond donors (Lipinski definition) is 1. The molecule has 0 aromatic heterocycles. The average Bonchev–Trinajstić information content (AvgIpc) is 3.28. The molecule has 4 aliphatic rings. The first kappa shape index (κ1) is 28.6. The number of amides is 3. The van der Waals surface area contributed by atoms with Crippen LogP contribution in [-0.2, 0) is 19.1 Å². The first-order chi connectivity index (χ1) is 20.2. The minimum Gasteiger partial charge on any atom is -0.394 e. The molecule has 8 nitrogen and oxygen atoms in total. The number of aliphatic hydroxyl groups excluding tert-OH is 1. The Hall–Kier alpha value is -3.49. The molecule has 2 aromatic rings. The van der Waals surface area contributed by atoms with Crippen molar-refractivity contribution < 1.29 is 24.2 Å². The summed E-state index contributed by atoms with van der Waals surface area (Å²) in [6.07, 6.45) is 9.01. The van der Waals surface area contributed by atoms with Gasteiger partial charge in [-0.15, -0.1) is 0 Å². The van der Waals surface area contributed by atoms with Crippen LogP contribution in [0.4, 0.5) is 5.69 Å². The van der Waals surface area contributed by atoms with Crippen molar-refractivity contribution in [1.29, 1.82) is 0 Å². The van der Waals surface area contributed by atoms with Gasteiger partial charge in [-0.3, -0.25) is 14.4 Å². The molecule has 0 saturated carbocycles. The largest absolute Gasteiger partial charge is 0.394 e. The Kier molecular flexibility index (Phi) is 7.26. The van der Waals surface area contributed by atoms with Crippen LogP contribution >= 0.6 is 0 Å². The van der Waals surface area contributed by atoms with Crippen molar-refractivity contribution in [3.05, 3.63) is 66.8 Å². The number of likely N-dealkylation sites (tertiary alicyclic amines) is 1. The van der Waals surface area contributed by atoms with E-state index in [0.29, 0.717) is 26.1 Å². The van der Waals surface area contributed by atoms with Crippen LogP contribution in [0.5, 0.6) is 0 Å². The predicted octanol–water partition coefficient (Wildman–Crippen LogP) is 3.93. The highest BCUT2D eigenvalue weighted by molar-refractivity contribution is 6.07. The number of fused-ring (bicyclic) bond motifs is 3. The second-order valence-corrected chi connectivity index (χ2v) is 12.4. The van der Waals surface area contributed by atoms with Gasteiger partial charge in [0.25, 0.3) is 5.91 Å². The van der Waals surface area contributed by atoms with Gasteiger partial charge < -0.3 is 24.5 Å². The quantitative estimate of drug-likeness (QED) is 0.509. The Bertz CT molecular complexity index is 1470. The summed E-state index contributed by atoms with van der Waals surface area (Å²) in [4.78, 5) is 48.9. The lowest BCUT2D eigenvalue weighted by atomic mass is 9.73. The number of hydrogen-bond acceptors (Lipinski definition) is 5. The van der Waals surface area contributed by atoms with E-state index in [-0.39, 0.29) is 30.2 Å². The van der Waals surface area contributed by atoms with Crippen molar-refractivity contribution in [1.82, 2.24) is 9.80 Å². The zero-order chi connectivity index (χ0) is 29.8. The minimum absolute atomic E-state index is 0.110. The summed E-state index contributed by atoms with van der Waals surface area (Å²) in [7, 11) is 0. The fourth-order valence-electron chi connectivity index (χ4n) is 7.77. The molecule has 1 unspecified atom stereocenters. The van der Waals surface area contributed by atoms with Crippen LogP contribution in [0, 0.1) is 17.8 Å². The molecule has 0 radical (unpaired) electrons. The lowest BCUT2D eigenvalue weighted by Crippen LogP contribution is -2.60. The van der Waals surface area contributed by atoms with Crippen LogP contribution in [0.25, 0.3) is 10.8 Å². The van der Waals surface area contributed by atoms with Crippen LogP contribution < -0.4 is 4.90 Å². The number of ether oxygens (including phenoxy) is 1. The van der Waals surface area contributed by atoms with Gasteiger partial charge in [-0.25, -0.2) is 0 Å². The van der Waals surface area contributed by atoms with Gasteiger partial charge in [0.2, 0.25) is 11.8 Å². The number of benzene rings is 2. The molecule has 222 valence electrons. The molecule has 42 heavy (non-hydrogen) atoms. The molecule has 0 bridgehead atoms. The van der Waals surface area contributed by atoms with Crippen LogP contribution in [0.15, 0.2) is 66.8 Å². The Morgan fingerprint density at radius 1 is 0.929 bits per heavy atom. The summed E-state index contributed by atoms with van der Waals surface area (Å²) in [5.74, 6) is -2.46. The van der Waals surface area contributed by atoms with E-state index >= 15 is 0 Å². The summed E-state index contributed by atoms with van der Waals surface area (Å²) in [5, 5.41) is 12.6. The fourth-order valence-corrected chi connectivity index (χ4v) is 7.77. The van der Waals surface area contributed by atoms with E-state index in [9.17, 15) is 19.5 Å². The molecule has 2 saturated heterocycles. The molecule has 2 fully saturated rings. The highest BCUT2D eigenvalue weighted by Gasteiger charge is 2.76. The standard InChI is InChI=1S/C34H41N3O5/c1-5-17-35-18-9-15-33(6-2)27(30(35)39)28-31(40)37(26(21-38)22(3)4)29-32(41)36(19-10-16-34(28,29)42-33)25-14-13-23-11-7-8-12-24(23)20-25/h7-16,20,22,26-29,38H,5-6,17-19,21H2,1-4H3/t26-,27-,28-,29?,33+,34-/m0/s1. The van der Waals surface area contributed by atoms with Crippen molar-refractivity contribution in [2.24, 2.45) is 17.8 Å². The predicted molar refractivity (Wildman–Crippen MR) is 162 cm³/mol. The summed E-state index contributed by atoms with van der Waals surface area (Å²) in [5.41, 5.74) is -1.64. The number of nitrogens with zero attached hydrogens (tertiary/aromatic N) is 3. The molecule has 1 N–H and O–H groups in total. The van der Waals surface area contributed by atoms with E-state index < -0.39 is 35.1 Å². The van der Waals surface area contributed by atoms with E-state index in [1.165, 1.54) is 0 Å². The van der Waals surface area contributed by atoms with Gasteiger partial charge in [-0.05, 0) is 41.7 Å². The number of anilines is 1. The number of rotatable bonds is 7. The molecule has 4 heterocycles. The molecule has 8 heteroatoms. The smallest absolute Gasteiger partial charge is 0.253 e. The van der Waals surface area contributed by atoms with E-state index in [2.05, 4.69) is 0 Å².